The lowest BCUT2D eigenvalue weighted by molar-refractivity contribution is -0.127. The van der Waals surface area contributed by atoms with Crippen molar-refractivity contribution in [1.29, 1.82) is 0 Å². The van der Waals surface area contributed by atoms with Crippen molar-refractivity contribution in [2.24, 2.45) is 11.8 Å². The van der Waals surface area contributed by atoms with Gasteiger partial charge in [-0.2, -0.15) is 0 Å². The van der Waals surface area contributed by atoms with Crippen LogP contribution in [0, 0.1) is 11.8 Å². The van der Waals surface area contributed by atoms with Gasteiger partial charge in [-0.15, -0.1) is 12.4 Å². The van der Waals surface area contributed by atoms with E-state index in [1.54, 1.807) is 7.11 Å². The minimum absolute atomic E-state index is 0. The molecule has 2 atom stereocenters. The van der Waals surface area contributed by atoms with Gasteiger partial charge in [-0.1, -0.05) is 37.3 Å². The third-order valence-corrected chi connectivity index (χ3v) is 3.85. The van der Waals surface area contributed by atoms with Crippen LogP contribution in [0.2, 0.25) is 0 Å². The quantitative estimate of drug-likeness (QED) is 0.841. The van der Waals surface area contributed by atoms with Crippen LogP contribution in [-0.2, 0) is 9.53 Å². The van der Waals surface area contributed by atoms with Crippen molar-refractivity contribution in [2.45, 2.75) is 13.0 Å². The molecule has 0 radical (unpaired) electrons. The van der Waals surface area contributed by atoms with Gasteiger partial charge in [-0.3, -0.25) is 4.79 Å². The summed E-state index contributed by atoms with van der Waals surface area (Å²) in [7, 11) is 1.67. The lowest BCUT2D eigenvalue weighted by Crippen LogP contribution is -2.50. The Kier molecular flexibility index (Phi) is 6.99. The number of rotatable bonds is 6. The van der Waals surface area contributed by atoms with Crippen LogP contribution in [-0.4, -0.2) is 32.7 Å². The fraction of sp³-hybridized carbons (Fsp3) is 0.533. The summed E-state index contributed by atoms with van der Waals surface area (Å²) in [5, 5.41) is 6.18. The SMILES string of the molecule is COC(CNC(=O)C(C)C1CNC1)c1ccccc1.Cl. The van der Waals surface area contributed by atoms with Crippen LogP contribution >= 0.6 is 12.4 Å². The zero-order chi connectivity index (χ0) is 13.7. The molecule has 1 aromatic rings. The van der Waals surface area contributed by atoms with Crippen molar-refractivity contribution in [1.82, 2.24) is 10.6 Å². The number of carbonyl (C=O) groups is 1. The number of carbonyl (C=O) groups excluding carboxylic acids is 1. The van der Waals surface area contributed by atoms with Gasteiger partial charge >= 0.3 is 0 Å². The first-order valence-electron chi connectivity index (χ1n) is 6.78. The van der Waals surface area contributed by atoms with Gasteiger partial charge in [0.2, 0.25) is 5.91 Å². The fourth-order valence-corrected chi connectivity index (χ4v) is 2.24. The first-order chi connectivity index (χ1) is 9.22. The summed E-state index contributed by atoms with van der Waals surface area (Å²) in [4.78, 5) is 12.0. The molecule has 5 heteroatoms. The fourth-order valence-electron chi connectivity index (χ4n) is 2.24. The van der Waals surface area contributed by atoms with Crippen LogP contribution in [0.25, 0.3) is 0 Å². The summed E-state index contributed by atoms with van der Waals surface area (Å²) >= 11 is 0. The third-order valence-electron chi connectivity index (χ3n) is 3.85. The van der Waals surface area contributed by atoms with Crippen molar-refractivity contribution in [3.05, 3.63) is 35.9 Å². The Labute approximate surface area is 126 Å². The molecule has 0 bridgehead atoms. The molecule has 2 N–H and O–H groups in total. The Morgan fingerprint density at radius 3 is 2.55 bits per heavy atom. The van der Waals surface area contributed by atoms with E-state index in [-0.39, 0.29) is 30.3 Å². The van der Waals surface area contributed by atoms with Gasteiger partial charge in [0.15, 0.2) is 0 Å². The van der Waals surface area contributed by atoms with Gasteiger partial charge in [0, 0.05) is 19.6 Å². The van der Waals surface area contributed by atoms with Crippen LogP contribution in [0.3, 0.4) is 0 Å². The molecule has 1 fully saturated rings. The lowest BCUT2D eigenvalue weighted by atomic mass is 9.88. The molecule has 112 valence electrons. The molecule has 0 saturated carbocycles. The van der Waals surface area contributed by atoms with Crippen LogP contribution in [0.1, 0.15) is 18.6 Å². The number of halogens is 1. The standard InChI is InChI=1S/C15H22N2O2.ClH/c1-11(13-8-16-9-13)15(18)17-10-14(19-2)12-6-4-3-5-7-12;/h3-7,11,13-14,16H,8-10H2,1-2H3,(H,17,18);1H. The van der Waals surface area contributed by atoms with Crippen LogP contribution in [0.15, 0.2) is 30.3 Å². The highest BCUT2D eigenvalue weighted by atomic mass is 35.5. The highest BCUT2D eigenvalue weighted by Crippen LogP contribution is 2.18. The number of benzene rings is 1. The second kappa shape index (κ2) is 8.25. The molecule has 2 rings (SSSR count). The Bertz CT molecular complexity index is 410. The molecule has 1 saturated heterocycles. The maximum Gasteiger partial charge on any atom is 0.223 e. The smallest absolute Gasteiger partial charge is 0.223 e. The molecule has 1 aliphatic heterocycles. The highest BCUT2D eigenvalue weighted by Gasteiger charge is 2.28. The predicted octanol–water partition coefficient (Wildman–Crippen LogP) is 1.77. The Hall–Kier alpha value is -1.10. The van der Waals surface area contributed by atoms with E-state index in [4.69, 9.17) is 4.74 Å². The molecule has 1 heterocycles. The molecule has 1 amide bonds. The molecule has 1 aromatic carbocycles. The molecule has 1 aliphatic rings. The summed E-state index contributed by atoms with van der Waals surface area (Å²) in [6, 6.07) is 9.96. The van der Waals surface area contributed by atoms with Crippen molar-refractivity contribution in [3.63, 3.8) is 0 Å². The number of hydrogen-bond donors (Lipinski definition) is 2. The van der Waals surface area contributed by atoms with E-state index in [9.17, 15) is 4.79 Å². The molecule has 20 heavy (non-hydrogen) atoms. The summed E-state index contributed by atoms with van der Waals surface area (Å²) < 4.78 is 5.44. The number of ether oxygens (including phenoxy) is 1. The normalized spacial score (nSPS) is 17.5. The van der Waals surface area contributed by atoms with Crippen LogP contribution in [0.4, 0.5) is 0 Å². The topological polar surface area (TPSA) is 50.4 Å². The maximum atomic E-state index is 12.0. The van der Waals surface area contributed by atoms with Crippen molar-refractivity contribution in [2.75, 3.05) is 26.7 Å². The van der Waals surface area contributed by atoms with E-state index in [2.05, 4.69) is 10.6 Å². The number of nitrogens with one attached hydrogen (secondary N) is 2. The summed E-state index contributed by atoms with van der Waals surface area (Å²) in [6.07, 6.45) is -0.0862. The zero-order valence-corrected chi connectivity index (χ0v) is 12.8. The second-order valence-corrected chi connectivity index (χ2v) is 5.09. The van der Waals surface area contributed by atoms with E-state index in [1.165, 1.54) is 0 Å². The lowest BCUT2D eigenvalue weighted by Gasteiger charge is -2.32. The number of amides is 1. The molecule has 0 spiro atoms. The molecular weight excluding hydrogens is 276 g/mol. The molecule has 4 nitrogen and oxygen atoms in total. The van der Waals surface area contributed by atoms with Crippen molar-refractivity contribution in [3.8, 4) is 0 Å². The van der Waals surface area contributed by atoms with Crippen LogP contribution in [0.5, 0.6) is 0 Å². The van der Waals surface area contributed by atoms with Gasteiger partial charge in [0.25, 0.3) is 0 Å². The van der Waals surface area contributed by atoms with Gasteiger partial charge in [0.05, 0.1) is 6.10 Å². The maximum absolute atomic E-state index is 12.0. The molecule has 0 aliphatic carbocycles. The van der Waals surface area contributed by atoms with E-state index in [0.29, 0.717) is 12.5 Å². The largest absolute Gasteiger partial charge is 0.375 e. The first-order valence-corrected chi connectivity index (χ1v) is 6.78. The van der Waals surface area contributed by atoms with Gasteiger partial charge in [-0.25, -0.2) is 0 Å². The third kappa shape index (κ3) is 4.20. The average molecular weight is 299 g/mol. The Morgan fingerprint density at radius 2 is 2.05 bits per heavy atom. The first kappa shape index (κ1) is 17.0. The minimum Gasteiger partial charge on any atom is -0.375 e. The van der Waals surface area contributed by atoms with Gasteiger partial charge in [0.1, 0.15) is 0 Å². The van der Waals surface area contributed by atoms with E-state index >= 15 is 0 Å². The summed E-state index contributed by atoms with van der Waals surface area (Å²) in [6.45, 7) is 4.40. The molecular formula is C15H23ClN2O2. The second-order valence-electron chi connectivity index (χ2n) is 5.09. The average Bonchev–Trinajstić information content (AvgIpc) is 2.38. The van der Waals surface area contributed by atoms with E-state index in [1.807, 2.05) is 37.3 Å². The number of methoxy groups -OCH3 is 1. The van der Waals surface area contributed by atoms with E-state index in [0.717, 1.165) is 18.7 Å². The summed E-state index contributed by atoms with van der Waals surface area (Å²) in [5.74, 6) is 0.650. The molecule has 0 aromatic heterocycles. The highest BCUT2D eigenvalue weighted by molar-refractivity contribution is 5.85. The van der Waals surface area contributed by atoms with Gasteiger partial charge in [-0.05, 0) is 24.6 Å². The van der Waals surface area contributed by atoms with Crippen LogP contribution < -0.4 is 10.6 Å². The Morgan fingerprint density at radius 1 is 1.40 bits per heavy atom. The van der Waals surface area contributed by atoms with E-state index < -0.39 is 0 Å². The minimum atomic E-state index is -0.0862. The zero-order valence-electron chi connectivity index (χ0n) is 12.0. The van der Waals surface area contributed by atoms with Crippen molar-refractivity contribution >= 4 is 18.3 Å². The molecule has 2 unspecified atom stereocenters. The Balaban J connectivity index is 0.00000200. The van der Waals surface area contributed by atoms with Gasteiger partial charge < -0.3 is 15.4 Å². The summed E-state index contributed by atoms with van der Waals surface area (Å²) in [5.41, 5.74) is 1.09. The predicted molar refractivity (Wildman–Crippen MR) is 82.0 cm³/mol. The number of hydrogen-bond acceptors (Lipinski definition) is 3. The monoisotopic (exact) mass is 298 g/mol. The van der Waals surface area contributed by atoms with Crippen molar-refractivity contribution < 1.29 is 9.53 Å².